The number of thiazole rings is 1. The van der Waals surface area contributed by atoms with Crippen LogP contribution in [0.4, 0.5) is 0 Å². The highest BCUT2D eigenvalue weighted by atomic mass is 32.1. The van der Waals surface area contributed by atoms with Crippen LogP contribution in [-0.4, -0.2) is 30.6 Å². The number of pyridine rings is 1. The van der Waals surface area contributed by atoms with Crippen molar-refractivity contribution in [2.75, 3.05) is 0 Å². The Kier molecular flexibility index (Phi) is 5.54. The standard InChI is InChI=1S/C25H26N6OS/c1-4-18-14-26-24(33-18)19-13-20(27-23(32)21(19)22-28-30-31-29-22)17-7-5-15(6-8-17)16-9-11-25(2,3)12-10-16/h5-9,13-14H,4,10-12H2,1-3H3,(H,27,32)(H,28,29,30,31). The van der Waals surface area contributed by atoms with Crippen molar-refractivity contribution < 1.29 is 0 Å². The fraction of sp³-hybridized carbons (Fsp3) is 0.320. The van der Waals surface area contributed by atoms with Gasteiger partial charge in [-0.25, -0.2) is 4.98 Å². The minimum absolute atomic E-state index is 0.258. The van der Waals surface area contributed by atoms with Gasteiger partial charge in [-0.05, 0) is 59.1 Å². The average molecular weight is 459 g/mol. The maximum atomic E-state index is 13.1. The zero-order valence-electron chi connectivity index (χ0n) is 19.0. The Labute approximate surface area is 196 Å². The molecule has 0 fully saturated rings. The monoisotopic (exact) mass is 458 g/mol. The van der Waals surface area contributed by atoms with Gasteiger partial charge in [0.25, 0.3) is 5.56 Å². The van der Waals surface area contributed by atoms with Gasteiger partial charge in [0, 0.05) is 22.3 Å². The summed E-state index contributed by atoms with van der Waals surface area (Å²) in [5.74, 6) is 0.258. The number of hydrogen-bond donors (Lipinski definition) is 2. The Morgan fingerprint density at radius 3 is 2.58 bits per heavy atom. The first-order chi connectivity index (χ1) is 15.9. The van der Waals surface area contributed by atoms with Gasteiger partial charge in [0.05, 0.1) is 5.56 Å². The van der Waals surface area contributed by atoms with Gasteiger partial charge in [-0.15, -0.1) is 21.5 Å². The molecule has 0 radical (unpaired) electrons. The van der Waals surface area contributed by atoms with E-state index in [1.54, 1.807) is 11.3 Å². The number of aromatic nitrogens is 6. The van der Waals surface area contributed by atoms with Crippen LogP contribution in [0.2, 0.25) is 0 Å². The Bertz CT molecular complexity index is 1360. The second-order valence-corrected chi connectivity index (χ2v) is 10.3. The normalized spacial score (nSPS) is 15.4. The molecule has 8 heteroatoms. The molecule has 7 nitrogen and oxygen atoms in total. The van der Waals surface area contributed by atoms with Gasteiger partial charge in [0.15, 0.2) is 0 Å². The SMILES string of the molecule is CCc1cnc(-c2cc(-c3ccc(C4=CCC(C)(C)CC4)cc3)[nH]c(=O)c2-c2nn[nH]n2)s1. The highest BCUT2D eigenvalue weighted by Crippen LogP contribution is 2.38. The summed E-state index contributed by atoms with van der Waals surface area (Å²) in [6.45, 7) is 6.73. The quantitative estimate of drug-likeness (QED) is 0.411. The molecule has 0 saturated carbocycles. The lowest BCUT2D eigenvalue weighted by atomic mass is 9.77. The molecule has 0 atom stereocenters. The van der Waals surface area contributed by atoms with Gasteiger partial charge >= 0.3 is 0 Å². The molecular weight excluding hydrogens is 432 g/mol. The summed E-state index contributed by atoms with van der Waals surface area (Å²) >= 11 is 1.57. The summed E-state index contributed by atoms with van der Waals surface area (Å²) in [5, 5.41) is 14.9. The van der Waals surface area contributed by atoms with Crippen LogP contribution < -0.4 is 5.56 Å². The molecule has 0 aliphatic heterocycles. The molecule has 2 N–H and O–H groups in total. The highest BCUT2D eigenvalue weighted by Gasteiger charge is 2.22. The highest BCUT2D eigenvalue weighted by molar-refractivity contribution is 7.15. The smallest absolute Gasteiger partial charge is 0.260 e. The second kappa shape index (κ2) is 8.51. The van der Waals surface area contributed by atoms with Gasteiger partial charge in [0.2, 0.25) is 5.82 Å². The molecule has 33 heavy (non-hydrogen) atoms. The van der Waals surface area contributed by atoms with E-state index in [0.29, 0.717) is 16.5 Å². The van der Waals surface area contributed by atoms with Crippen molar-refractivity contribution in [1.82, 2.24) is 30.6 Å². The molecule has 5 rings (SSSR count). The van der Waals surface area contributed by atoms with Crippen LogP contribution in [-0.2, 0) is 6.42 Å². The van der Waals surface area contributed by atoms with Crippen molar-refractivity contribution in [2.24, 2.45) is 5.41 Å². The number of rotatable bonds is 5. The number of tetrazole rings is 1. The molecule has 1 aliphatic rings. The molecule has 0 spiro atoms. The van der Waals surface area contributed by atoms with E-state index in [2.05, 4.69) is 81.7 Å². The Balaban J connectivity index is 1.55. The Hall–Kier alpha value is -3.39. The van der Waals surface area contributed by atoms with Crippen molar-refractivity contribution in [3.05, 3.63) is 63.4 Å². The summed E-state index contributed by atoms with van der Waals surface area (Å²) < 4.78 is 0. The Morgan fingerprint density at radius 1 is 1.15 bits per heavy atom. The van der Waals surface area contributed by atoms with Crippen LogP contribution in [0, 0.1) is 5.41 Å². The fourth-order valence-electron chi connectivity index (χ4n) is 4.17. The summed E-state index contributed by atoms with van der Waals surface area (Å²) in [7, 11) is 0. The molecule has 0 bridgehead atoms. The summed E-state index contributed by atoms with van der Waals surface area (Å²) in [4.78, 5) is 21.9. The third-order valence-electron chi connectivity index (χ3n) is 6.27. The molecule has 0 unspecified atom stereocenters. The average Bonchev–Trinajstić information content (AvgIpc) is 3.51. The number of nitrogens with one attached hydrogen (secondary N) is 2. The lowest BCUT2D eigenvalue weighted by Gasteiger charge is -2.28. The molecule has 0 amide bonds. The van der Waals surface area contributed by atoms with Crippen LogP contribution >= 0.6 is 11.3 Å². The molecule has 3 heterocycles. The van der Waals surface area contributed by atoms with Gasteiger partial charge < -0.3 is 4.98 Å². The van der Waals surface area contributed by atoms with Gasteiger partial charge in [-0.2, -0.15) is 5.21 Å². The number of aromatic amines is 2. The van der Waals surface area contributed by atoms with E-state index in [4.69, 9.17) is 0 Å². The Morgan fingerprint density at radius 2 is 1.94 bits per heavy atom. The van der Waals surface area contributed by atoms with Crippen LogP contribution in [0.3, 0.4) is 0 Å². The number of hydrogen-bond acceptors (Lipinski definition) is 6. The van der Waals surface area contributed by atoms with Gasteiger partial charge in [-0.3, -0.25) is 4.79 Å². The summed E-state index contributed by atoms with van der Waals surface area (Å²) in [6, 6.07) is 10.4. The third-order valence-corrected chi connectivity index (χ3v) is 7.45. The number of H-pyrrole nitrogens is 2. The lowest BCUT2D eigenvalue weighted by Crippen LogP contribution is -2.14. The molecule has 4 aromatic rings. The van der Waals surface area contributed by atoms with E-state index in [0.717, 1.165) is 40.4 Å². The first-order valence-corrected chi connectivity index (χ1v) is 12.0. The first kappa shape index (κ1) is 21.5. The molecule has 1 aliphatic carbocycles. The molecular formula is C25H26N6OS. The van der Waals surface area contributed by atoms with Crippen molar-refractivity contribution in [3.63, 3.8) is 0 Å². The predicted octanol–water partition coefficient (Wildman–Crippen LogP) is 5.50. The van der Waals surface area contributed by atoms with Crippen LogP contribution in [0.1, 0.15) is 50.5 Å². The van der Waals surface area contributed by atoms with E-state index >= 15 is 0 Å². The first-order valence-electron chi connectivity index (χ1n) is 11.2. The lowest BCUT2D eigenvalue weighted by molar-refractivity contribution is 0.335. The largest absolute Gasteiger partial charge is 0.321 e. The topological polar surface area (TPSA) is 100 Å². The number of benzene rings is 1. The van der Waals surface area contributed by atoms with E-state index < -0.39 is 0 Å². The van der Waals surface area contributed by atoms with Crippen molar-refractivity contribution in [2.45, 2.75) is 46.5 Å². The maximum Gasteiger partial charge on any atom is 0.260 e. The van der Waals surface area contributed by atoms with Crippen molar-refractivity contribution in [3.8, 4) is 33.2 Å². The minimum atomic E-state index is -0.265. The molecule has 3 aromatic heterocycles. The zero-order valence-corrected chi connectivity index (χ0v) is 19.8. The van der Waals surface area contributed by atoms with E-state index in [1.807, 2.05) is 12.3 Å². The van der Waals surface area contributed by atoms with E-state index in [-0.39, 0.29) is 11.4 Å². The van der Waals surface area contributed by atoms with Crippen LogP contribution in [0.15, 0.2) is 47.4 Å². The molecule has 0 saturated heterocycles. The van der Waals surface area contributed by atoms with E-state index in [1.165, 1.54) is 17.6 Å². The van der Waals surface area contributed by atoms with Crippen molar-refractivity contribution in [1.29, 1.82) is 0 Å². The van der Waals surface area contributed by atoms with E-state index in [9.17, 15) is 4.79 Å². The minimum Gasteiger partial charge on any atom is -0.321 e. The summed E-state index contributed by atoms with van der Waals surface area (Å²) in [5.41, 5.74) is 5.52. The second-order valence-electron chi connectivity index (χ2n) is 9.20. The molecule has 168 valence electrons. The van der Waals surface area contributed by atoms with Crippen LogP contribution in [0.5, 0.6) is 0 Å². The van der Waals surface area contributed by atoms with Crippen molar-refractivity contribution >= 4 is 16.9 Å². The third kappa shape index (κ3) is 4.30. The van der Waals surface area contributed by atoms with Gasteiger partial charge in [-0.1, -0.05) is 51.1 Å². The zero-order chi connectivity index (χ0) is 23.0. The summed E-state index contributed by atoms with van der Waals surface area (Å²) in [6.07, 6.45) is 8.51. The number of aryl methyl sites for hydroxylation is 1. The fourth-order valence-corrected chi connectivity index (χ4v) is 5.05. The number of nitrogens with zero attached hydrogens (tertiary/aromatic N) is 4. The maximum absolute atomic E-state index is 13.1. The number of allylic oxidation sites excluding steroid dienone is 2. The van der Waals surface area contributed by atoms with Crippen LogP contribution in [0.25, 0.3) is 38.8 Å². The molecule has 1 aromatic carbocycles. The predicted molar refractivity (Wildman–Crippen MR) is 132 cm³/mol. The van der Waals surface area contributed by atoms with Gasteiger partial charge in [0.1, 0.15) is 5.01 Å².